The molecule has 2 nitrogen and oxygen atoms in total. The number of aromatic nitrogens is 1. The summed E-state index contributed by atoms with van der Waals surface area (Å²) in [4.78, 5) is 4.59. The fourth-order valence-corrected chi connectivity index (χ4v) is 2.36. The third-order valence-electron chi connectivity index (χ3n) is 3.33. The first-order valence-corrected chi connectivity index (χ1v) is 5.89. The number of hydrogen-bond donors (Lipinski definition) is 1. The van der Waals surface area contributed by atoms with Crippen LogP contribution in [-0.4, -0.2) is 12.0 Å². The zero-order valence-corrected chi connectivity index (χ0v) is 10.3. The van der Waals surface area contributed by atoms with Crippen LogP contribution in [0.1, 0.15) is 0 Å². The number of benzene rings is 2. The molecule has 0 saturated carbocycles. The summed E-state index contributed by atoms with van der Waals surface area (Å²) in [6.45, 7) is 8.22. The molecule has 3 aromatic rings. The summed E-state index contributed by atoms with van der Waals surface area (Å²) in [6.07, 6.45) is 0. The van der Waals surface area contributed by atoms with Crippen molar-refractivity contribution >= 4 is 40.7 Å². The number of nitrogens with one attached hydrogen (secondary N) is 1. The van der Waals surface area contributed by atoms with Crippen LogP contribution >= 0.6 is 0 Å². The maximum Gasteiger partial charge on any atom is 0.133 e. The van der Waals surface area contributed by atoms with Gasteiger partial charge in [0.15, 0.2) is 0 Å². The van der Waals surface area contributed by atoms with Crippen molar-refractivity contribution in [1.82, 2.24) is 4.98 Å². The van der Waals surface area contributed by atoms with E-state index in [4.69, 9.17) is 0 Å². The van der Waals surface area contributed by atoms with E-state index in [0.29, 0.717) is 0 Å². The topological polar surface area (TPSA) is 24.9 Å². The van der Waals surface area contributed by atoms with E-state index in [1.165, 1.54) is 10.8 Å². The molecule has 0 atom stereocenters. The first-order valence-electron chi connectivity index (χ1n) is 5.89. The predicted molar refractivity (Wildman–Crippen MR) is 79.1 cm³/mol. The van der Waals surface area contributed by atoms with Gasteiger partial charge >= 0.3 is 0 Å². The highest BCUT2D eigenvalue weighted by molar-refractivity contribution is 6.06. The van der Waals surface area contributed by atoms with Crippen LogP contribution < -0.4 is 15.8 Å². The first-order chi connectivity index (χ1) is 8.72. The van der Waals surface area contributed by atoms with Crippen molar-refractivity contribution in [2.24, 2.45) is 0 Å². The second kappa shape index (κ2) is 3.84. The van der Waals surface area contributed by atoms with E-state index >= 15 is 0 Å². The molecule has 0 fully saturated rings. The Balaban J connectivity index is 2.64. The van der Waals surface area contributed by atoms with Crippen LogP contribution in [0.25, 0.3) is 34.8 Å². The average molecular weight is 234 g/mol. The van der Waals surface area contributed by atoms with E-state index in [-0.39, 0.29) is 0 Å². The van der Waals surface area contributed by atoms with Gasteiger partial charge in [0, 0.05) is 17.7 Å². The second-order valence-electron chi connectivity index (χ2n) is 4.35. The molecule has 0 radical (unpaired) electrons. The molecular weight excluding hydrogens is 220 g/mol. The molecule has 3 rings (SSSR count). The Morgan fingerprint density at radius 2 is 1.78 bits per heavy atom. The molecule has 2 aromatic carbocycles. The fourth-order valence-electron chi connectivity index (χ4n) is 2.36. The number of rotatable bonds is 1. The lowest BCUT2D eigenvalue weighted by Crippen LogP contribution is -2.27. The van der Waals surface area contributed by atoms with Gasteiger partial charge in [0.25, 0.3) is 0 Å². The van der Waals surface area contributed by atoms with Crippen LogP contribution in [0.3, 0.4) is 0 Å². The Kier molecular flexibility index (Phi) is 2.30. The van der Waals surface area contributed by atoms with Gasteiger partial charge in [-0.1, -0.05) is 43.5 Å². The minimum Gasteiger partial charge on any atom is -0.373 e. The zero-order chi connectivity index (χ0) is 12.7. The molecule has 1 N–H and O–H groups in total. The van der Waals surface area contributed by atoms with Gasteiger partial charge in [-0.25, -0.2) is 4.98 Å². The third-order valence-corrected chi connectivity index (χ3v) is 3.33. The van der Waals surface area contributed by atoms with Crippen LogP contribution in [0.2, 0.25) is 0 Å². The normalized spacial score (nSPS) is 10.9. The predicted octanol–water partition coefficient (Wildman–Crippen LogP) is 2.25. The van der Waals surface area contributed by atoms with E-state index in [0.717, 1.165) is 27.2 Å². The molecule has 0 amide bonds. The number of fused-ring (bicyclic) bond motifs is 3. The minimum absolute atomic E-state index is 0.794. The summed E-state index contributed by atoms with van der Waals surface area (Å²) < 4.78 is 0. The molecular formula is C16H14N2. The maximum atomic E-state index is 4.59. The van der Waals surface area contributed by atoms with Gasteiger partial charge in [0.05, 0.1) is 5.52 Å². The van der Waals surface area contributed by atoms with Crippen LogP contribution in [0.4, 0.5) is 5.82 Å². The van der Waals surface area contributed by atoms with Crippen LogP contribution in [0.15, 0.2) is 36.4 Å². The molecule has 0 unspecified atom stereocenters. The van der Waals surface area contributed by atoms with E-state index in [9.17, 15) is 0 Å². The lowest BCUT2D eigenvalue weighted by molar-refractivity contribution is 1.31. The molecule has 18 heavy (non-hydrogen) atoms. The molecule has 0 aliphatic heterocycles. The Bertz CT molecular complexity index is 850. The van der Waals surface area contributed by atoms with Crippen molar-refractivity contribution in [3.05, 3.63) is 46.8 Å². The highest BCUT2D eigenvalue weighted by Crippen LogP contribution is 2.21. The quantitative estimate of drug-likeness (QED) is 0.653. The average Bonchev–Trinajstić information content (AvgIpc) is 2.42. The van der Waals surface area contributed by atoms with Gasteiger partial charge in [-0.15, -0.1) is 0 Å². The standard InChI is InChI=1S/C16H14N2/c1-10-11(2)16(17-3)18-14-9-8-12-6-4-5-7-13(12)15(10)14/h4-9H,1-2H2,3H3,(H,17,18). The number of anilines is 1. The van der Waals surface area contributed by atoms with Gasteiger partial charge in [-0.05, 0) is 22.1 Å². The Morgan fingerprint density at radius 3 is 2.56 bits per heavy atom. The molecule has 0 bridgehead atoms. The number of hydrogen-bond acceptors (Lipinski definition) is 2. The summed E-state index contributed by atoms with van der Waals surface area (Å²) in [5.74, 6) is 0.794. The van der Waals surface area contributed by atoms with E-state index in [2.05, 4.69) is 41.7 Å². The summed E-state index contributed by atoms with van der Waals surface area (Å²) in [6, 6.07) is 12.4. The van der Waals surface area contributed by atoms with Crippen molar-refractivity contribution in [3.8, 4) is 0 Å². The van der Waals surface area contributed by atoms with Crippen molar-refractivity contribution in [3.63, 3.8) is 0 Å². The Hall–Kier alpha value is -2.35. The smallest absolute Gasteiger partial charge is 0.133 e. The largest absolute Gasteiger partial charge is 0.373 e. The Morgan fingerprint density at radius 1 is 1.00 bits per heavy atom. The van der Waals surface area contributed by atoms with Gasteiger partial charge < -0.3 is 5.32 Å². The van der Waals surface area contributed by atoms with Gasteiger partial charge in [0.1, 0.15) is 5.82 Å². The number of nitrogens with zero attached hydrogens (tertiary/aromatic N) is 1. The highest BCUT2D eigenvalue weighted by Gasteiger charge is 2.05. The fraction of sp³-hybridized carbons (Fsp3) is 0.0625. The van der Waals surface area contributed by atoms with Crippen molar-refractivity contribution in [1.29, 1.82) is 0 Å². The summed E-state index contributed by atoms with van der Waals surface area (Å²) in [5, 5.41) is 8.35. The summed E-state index contributed by atoms with van der Waals surface area (Å²) in [7, 11) is 1.85. The second-order valence-corrected chi connectivity index (χ2v) is 4.35. The number of pyridine rings is 1. The monoisotopic (exact) mass is 234 g/mol. The summed E-state index contributed by atoms with van der Waals surface area (Å²) in [5.41, 5.74) is 0.954. The van der Waals surface area contributed by atoms with Crippen molar-refractivity contribution in [2.45, 2.75) is 0 Å². The van der Waals surface area contributed by atoms with E-state index in [1.807, 2.05) is 25.2 Å². The minimum atomic E-state index is 0.794. The maximum absolute atomic E-state index is 4.59. The zero-order valence-electron chi connectivity index (χ0n) is 10.3. The van der Waals surface area contributed by atoms with E-state index in [1.54, 1.807) is 0 Å². The van der Waals surface area contributed by atoms with Crippen molar-refractivity contribution < 1.29 is 0 Å². The molecule has 1 heterocycles. The first kappa shape index (κ1) is 10.8. The van der Waals surface area contributed by atoms with Crippen LogP contribution in [0, 0.1) is 0 Å². The van der Waals surface area contributed by atoms with Crippen LogP contribution in [-0.2, 0) is 0 Å². The third kappa shape index (κ3) is 1.39. The molecule has 2 heteroatoms. The molecule has 1 aromatic heterocycles. The van der Waals surface area contributed by atoms with Crippen molar-refractivity contribution in [2.75, 3.05) is 12.4 Å². The molecule has 88 valence electrons. The molecule has 0 spiro atoms. The SMILES string of the molecule is C=c1c(NC)nc2ccc3ccccc3c2c1=C. The van der Waals surface area contributed by atoms with Gasteiger partial charge in [0.2, 0.25) is 0 Å². The molecule has 0 saturated heterocycles. The molecule has 0 aliphatic rings. The summed E-state index contributed by atoms with van der Waals surface area (Å²) >= 11 is 0. The lowest BCUT2D eigenvalue weighted by Gasteiger charge is -2.07. The van der Waals surface area contributed by atoms with E-state index < -0.39 is 0 Å². The van der Waals surface area contributed by atoms with Gasteiger partial charge in [-0.3, -0.25) is 0 Å². The lowest BCUT2D eigenvalue weighted by atomic mass is 10.0. The molecule has 0 aliphatic carbocycles. The van der Waals surface area contributed by atoms with Gasteiger partial charge in [-0.2, -0.15) is 0 Å². The van der Waals surface area contributed by atoms with Crippen LogP contribution in [0.5, 0.6) is 0 Å². The Labute approximate surface area is 105 Å². The highest BCUT2D eigenvalue weighted by atomic mass is 15.0.